The number of benzene rings is 4. The summed E-state index contributed by atoms with van der Waals surface area (Å²) in [6.07, 6.45) is 0. The molecule has 0 unspecified atom stereocenters. The van der Waals surface area contributed by atoms with Crippen LogP contribution >= 0.6 is 11.6 Å². The molecule has 4 aromatic carbocycles. The smallest absolute Gasteiger partial charge is 0.256 e. The van der Waals surface area contributed by atoms with Gasteiger partial charge in [-0.2, -0.15) is 0 Å². The Bertz CT molecular complexity index is 1970. The van der Waals surface area contributed by atoms with Gasteiger partial charge in [0.1, 0.15) is 16.2 Å². The number of carbonyl (C=O) groups excluding carboxylic acids is 1. The van der Waals surface area contributed by atoms with E-state index in [1.165, 1.54) is 12.1 Å². The van der Waals surface area contributed by atoms with Gasteiger partial charge in [0.25, 0.3) is 5.91 Å². The molecule has 40 heavy (non-hydrogen) atoms. The lowest BCUT2D eigenvalue weighted by Crippen LogP contribution is -2.19. The third-order valence-corrected chi connectivity index (χ3v) is 8.85. The zero-order valence-corrected chi connectivity index (χ0v) is 22.9. The molecule has 0 saturated heterocycles. The zero-order valence-electron chi connectivity index (χ0n) is 21.3. The van der Waals surface area contributed by atoms with Crippen LogP contribution in [0.15, 0.2) is 119 Å². The fourth-order valence-corrected chi connectivity index (χ4v) is 6.44. The van der Waals surface area contributed by atoms with Crippen LogP contribution in [0.1, 0.15) is 28.9 Å². The summed E-state index contributed by atoms with van der Waals surface area (Å²) in [6.45, 7) is 1.93. The molecule has 2 aromatic heterocycles. The molecule has 1 amide bonds. The van der Waals surface area contributed by atoms with Gasteiger partial charge in [-0.25, -0.2) is 18.4 Å². The van der Waals surface area contributed by atoms with E-state index in [4.69, 9.17) is 21.6 Å². The number of nitrogens with one attached hydrogen (secondary N) is 1. The predicted molar refractivity (Wildman–Crippen MR) is 157 cm³/mol. The van der Waals surface area contributed by atoms with Crippen LogP contribution in [0, 0.1) is 0 Å². The molecule has 198 valence electrons. The van der Waals surface area contributed by atoms with Gasteiger partial charge in [0.15, 0.2) is 5.65 Å². The fraction of sp³-hybridized carbons (Fsp3) is 0.0645. The van der Waals surface area contributed by atoms with Crippen molar-refractivity contribution in [1.82, 2.24) is 14.5 Å². The van der Waals surface area contributed by atoms with Gasteiger partial charge >= 0.3 is 0 Å². The van der Waals surface area contributed by atoms with Crippen LogP contribution in [-0.2, 0) is 9.84 Å². The molecule has 0 aliphatic carbocycles. The first kappa shape index (κ1) is 25.7. The first-order chi connectivity index (χ1) is 19.3. The number of halogens is 1. The Morgan fingerprint density at radius 2 is 1.38 bits per heavy atom. The molecule has 1 atom stereocenters. The van der Waals surface area contributed by atoms with Gasteiger partial charge in [-0.3, -0.25) is 4.79 Å². The summed E-state index contributed by atoms with van der Waals surface area (Å²) >= 11 is 6.04. The zero-order chi connectivity index (χ0) is 27.9. The standard InChI is InChI=1S/C31H23ClN4O3S/c1-20(21-10-4-2-5-11-21)36-29-27(33-25-14-8-9-15-26(25)34-29)28(40(38,39)24-12-6-3-7-13-24)30(36)35-31(37)22-16-18-23(32)19-17-22/h2-20H,1H3,(H,35,37)/t20-/m0/s1. The van der Waals surface area contributed by atoms with Crippen molar-refractivity contribution in [2.24, 2.45) is 0 Å². The second-order valence-corrected chi connectivity index (χ2v) is 11.6. The van der Waals surface area contributed by atoms with E-state index in [0.29, 0.717) is 27.3 Å². The van der Waals surface area contributed by atoms with Crippen LogP contribution in [-0.4, -0.2) is 28.9 Å². The van der Waals surface area contributed by atoms with E-state index in [1.54, 1.807) is 53.1 Å². The van der Waals surface area contributed by atoms with Crippen LogP contribution in [0.5, 0.6) is 0 Å². The summed E-state index contributed by atoms with van der Waals surface area (Å²) < 4.78 is 30.3. The van der Waals surface area contributed by atoms with E-state index in [0.717, 1.165) is 5.56 Å². The van der Waals surface area contributed by atoms with Crippen LogP contribution in [0.4, 0.5) is 5.82 Å². The van der Waals surface area contributed by atoms with Gasteiger partial charge in [0.2, 0.25) is 9.84 Å². The van der Waals surface area contributed by atoms with Crippen molar-refractivity contribution in [3.8, 4) is 0 Å². The molecule has 0 fully saturated rings. The van der Waals surface area contributed by atoms with Crippen molar-refractivity contribution in [2.45, 2.75) is 22.8 Å². The Hall–Kier alpha value is -4.53. The van der Waals surface area contributed by atoms with Gasteiger partial charge in [0.05, 0.1) is 22.0 Å². The van der Waals surface area contributed by atoms with Gasteiger partial charge in [-0.05, 0) is 61.0 Å². The highest BCUT2D eigenvalue weighted by molar-refractivity contribution is 7.92. The second-order valence-electron chi connectivity index (χ2n) is 9.30. The molecule has 7 nitrogen and oxygen atoms in total. The molecule has 9 heteroatoms. The molecule has 6 aromatic rings. The van der Waals surface area contributed by atoms with Crippen molar-refractivity contribution in [1.29, 1.82) is 0 Å². The predicted octanol–water partition coefficient (Wildman–Crippen LogP) is 6.93. The maximum atomic E-state index is 14.3. The molecule has 0 spiro atoms. The lowest BCUT2D eigenvalue weighted by atomic mass is 10.1. The number of carbonyl (C=O) groups is 1. The van der Waals surface area contributed by atoms with Gasteiger partial charge in [-0.15, -0.1) is 0 Å². The maximum absolute atomic E-state index is 14.3. The van der Waals surface area contributed by atoms with Crippen LogP contribution < -0.4 is 5.32 Å². The molecular weight excluding hydrogens is 544 g/mol. The molecule has 6 rings (SSSR count). The van der Waals surface area contributed by atoms with E-state index in [1.807, 2.05) is 55.5 Å². The Kier molecular flexibility index (Phi) is 6.57. The van der Waals surface area contributed by atoms with Crippen molar-refractivity contribution >= 4 is 55.4 Å². The molecule has 1 N–H and O–H groups in total. The average molecular weight is 567 g/mol. The molecule has 0 aliphatic rings. The lowest BCUT2D eigenvalue weighted by molar-refractivity contribution is 0.102. The molecule has 0 aliphatic heterocycles. The first-order valence-corrected chi connectivity index (χ1v) is 14.4. The van der Waals surface area contributed by atoms with Crippen molar-refractivity contribution in [3.63, 3.8) is 0 Å². The second kappa shape index (κ2) is 10.2. The van der Waals surface area contributed by atoms with Crippen molar-refractivity contribution < 1.29 is 13.2 Å². The molecule has 2 heterocycles. The molecule has 0 radical (unpaired) electrons. The summed E-state index contributed by atoms with van der Waals surface area (Å²) in [7, 11) is -4.15. The number of fused-ring (bicyclic) bond motifs is 2. The SMILES string of the molecule is C[C@@H](c1ccccc1)n1c(NC(=O)c2ccc(Cl)cc2)c(S(=O)(=O)c2ccccc2)c2nc3ccccc3nc21. The Morgan fingerprint density at radius 3 is 2.02 bits per heavy atom. The topological polar surface area (TPSA) is 94.0 Å². The molecule has 0 bridgehead atoms. The van der Waals surface area contributed by atoms with E-state index in [-0.39, 0.29) is 21.1 Å². The number of anilines is 1. The highest BCUT2D eigenvalue weighted by Crippen LogP contribution is 2.40. The number of amides is 1. The molecule has 0 saturated carbocycles. The van der Waals surface area contributed by atoms with Crippen LogP contribution in [0.25, 0.3) is 22.2 Å². The van der Waals surface area contributed by atoms with E-state index in [2.05, 4.69) is 5.32 Å². The van der Waals surface area contributed by atoms with Crippen LogP contribution in [0.2, 0.25) is 5.02 Å². The van der Waals surface area contributed by atoms with Crippen LogP contribution in [0.3, 0.4) is 0 Å². The summed E-state index contributed by atoms with van der Waals surface area (Å²) in [6, 6.07) is 31.0. The van der Waals surface area contributed by atoms with E-state index in [9.17, 15) is 13.2 Å². The maximum Gasteiger partial charge on any atom is 0.256 e. The van der Waals surface area contributed by atoms with Crippen molar-refractivity contribution in [2.75, 3.05) is 5.32 Å². The third kappa shape index (κ3) is 4.51. The lowest BCUT2D eigenvalue weighted by Gasteiger charge is -2.20. The fourth-order valence-electron chi connectivity index (χ4n) is 4.77. The Labute approximate surface area is 236 Å². The number of hydrogen-bond acceptors (Lipinski definition) is 5. The van der Waals surface area contributed by atoms with Gasteiger partial charge in [-0.1, -0.05) is 72.3 Å². The van der Waals surface area contributed by atoms with E-state index >= 15 is 0 Å². The number of hydrogen-bond donors (Lipinski definition) is 1. The Morgan fingerprint density at radius 1 is 0.800 bits per heavy atom. The number of rotatable bonds is 6. The average Bonchev–Trinajstić information content (AvgIpc) is 3.29. The summed E-state index contributed by atoms with van der Waals surface area (Å²) in [4.78, 5) is 23.2. The minimum absolute atomic E-state index is 0.0818. The van der Waals surface area contributed by atoms with Gasteiger partial charge in [0, 0.05) is 10.6 Å². The normalized spacial score (nSPS) is 12.4. The monoisotopic (exact) mass is 566 g/mol. The molecular formula is C31H23ClN4O3S. The Balaban J connectivity index is 1.70. The number of para-hydroxylation sites is 2. The van der Waals surface area contributed by atoms with Crippen molar-refractivity contribution in [3.05, 3.63) is 125 Å². The number of aromatic nitrogens is 3. The summed E-state index contributed by atoms with van der Waals surface area (Å²) in [5.74, 6) is -0.402. The first-order valence-electron chi connectivity index (χ1n) is 12.6. The largest absolute Gasteiger partial charge is 0.307 e. The minimum atomic E-state index is -4.15. The number of nitrogens with zero attached hydrogens (tertiary/aromatic N) is 3. The minimum Gasteiger partial charge on any atom is -0.307 e. The summed E-state index contributed by atoms with van der Waals surface area (Å²) in [5.41, 5.74) is 2.89. The summed E-state index contributed by atoms with van der Waals surface area (Å²) in [5, 5.41) is 3.39. The highest BCUT2D eigenvalue weighted by atomic mass is 35.5. The highest BCUT2D eigenvalue weighted by Gasteiger charge is 2.34. The van der Waals surface area contributed by atoms with E-state index < -0.39 is 21.8 Å². The van der Waals surface area contributed by atoms with Gasteiger partial charge < -0.3 is 9.88 Å². The quantitative estimate of drug-likeness (QED) is 0.236. The third-order valence-electron chi connectivity index (χ3n) is 6.78. The number of sulfone groups is 1.